The highest BCUT2D eigenvalue weighted by atomic mass is 16.6. The molecule has 0 aromatic heterocycles. The Morgan fingerprint density at radius 3 is 2.53 bits per heavy atom. The first-order chi connectivity index (χ1) is 7.80. The number of ether oxygens (including phenoxy) is 1. The number of epoxide rings is 1. The van der Waals surface area contributed by atoms with E-state index in [0.717, 1.165) is 12.8 Å². The van der Waals surface area contributed by atoms with Gasteiger partial charge in [0.15, 0.2) is 0 Å². The maximum atomic E-state index is 9.86. The van der Waals surface area contributed by atoms with Gasteiger partial charge in [-0.05, 0) is 58.3 Å². The Balaban J connectivity index is 1.76. The van der Waals surface area contributed by atoms with Gasteiger partial charge < -0.3 is 9.84 Å². The molecule has 0 aromatic carbocycles. The average molecular weight is 238 g/mol. The summed E-state index contributed by atoms with van der Waals surface area (Å²) in [6, 6.07) is 0. The molecule has 0 saturated carbocycles. The molecule has 3 unspecified atom stereocenters. The van der Waals surface area contributed by atoms with Crippen LogP contribution in [0.2, 0.25) is 0 Å². The maximum Gasteiger partial charge on any atom is 0.0892 e. The van der Waals surface area contributed by atoms with E-state index in [1.165, 1.54) is 12.8 Å². The molecule has 2 nitrogen and oxygen atoms in total. The molecule has 1 N–H and O–H groups in total. The Hall–Kier alpha value is -0.340. The van der Waals surface area contributed by atoms with Crippen molar-refractivity contribution in [3.63, 3.8) is 0 Å². The van der Waals surface area contributed by atoms with Gasteiger partial charge in [-0.3, -0.25) is 0 Å². The van der Waals surface area contributed by atoms with E-state index in [4.69, 9.17) is 4.74 Å². The number of allylic oxidation sites excluding steroid dienone is 1. The van der Waals surface area contributed by atoms with E-state index >= 15 is 0 Å². The lowest BCUT2D eigenvalue weighted by Crippen LogP contribution is -2.27. The van der Waals surface area contributed by atoms with Gasteiger partial charge >= 0.3 is 0 Å². The summed E-state index contributed by atoms with van der Waals surface area (Å²) in [5, 5.41) is 9.86. The predicted octanol–water partition coefficient (Wildman–Crippen LogP) is 3.30. The summed E-state index contributed by atoms with van der Waals surface area (Å²) in [6.45, 7) is 8.55. The molecule has 2 rings (SSSR count). The predicted molar refractivity (Wildman–Crippen MR) is 69.8 cm³/mol. The van der Waals surface area contributed by atoms with Crippen molar-refractivity contribution in [2.24, 2.45) is 11.8 Å². The Bertz CT molecular complexity index is 304. The van der Waals surface area contributed by atoms with E-state index in [1.807, 2.05) is 13.0 Å². The lowest BCUT2D eigenvalue weighted by Gasteiger charge is -2.30. The summed E-state index contributed by atoms with van der Waals surface area (Å²) >= 11 is 0. The molecule has 1 aliphatic heterocycles. The smallest absolute Gasteiger partial charge is 0.0892 e. The van der Waals surface area contributed by atoms with Crippen LogP contribution in [-0.4, -0.2) is 22.4 Å². The van der Waals surface area contributed by atoms with Crippen molar-refractivity contribution < 1.29 is 9.84 Å². The second-order valence-electron chi connectivity index (χ2n) is 6.68. The standard InChI is InChI=1S/C15H26O2/c1-11(5-6-13-14(2,3)17-13)12-7-9-15(4,16)10-8-12/h7,9,11-13,16H,5-6,8,10H2,1-4H3/t11-,12?,13?,15?/m1/s1. The number of rotatable bonds is 4. The fraction of sp³-hybridized carbons (Fsp3) is 0.867. The molecule has 4 atom stereocenters. The highest BCUT2D eigenvalue weighted by Gasteiger charge is 2.47. The van der Waals surface area contributed by atoms with E-state index in [2.05, 4.69) is 26.8 Å². The van der Waals surface area contributed by atoms with E-state index in [-0.39, 0.29) is 5.60 Å². The molecule has 0 aromatic rings. The van der Waals surface area contributed by atoms with Crippen LogP contribution in [0.4, 0.5) is 0 Å². The zero-order valence-electron chi connectivity index (χ0n) is 11.6. The van der Waals surface area contributed by atoms with Gasteiger partial charge in [-0.2, -0.15) is 0 Å². The molecule has 0 bridgehead atoms. The Labute approximate surface area is 105 Å². The summed E-state index contributed by atoms with van der Waals surface area (Å²) in [6.07, 6.45) is 9.08. The Morgan fingerprint density at radius 2 is 2.06 bits per heavy atom. The van der Waals surface area contributed by atoms with Crippen molar-refractivity contribution in [1.82, 2.24) is 0 Å². The summed E-state index contributed by atoms with van der Waals surface area (Å²) in [5.74, 6) is 1.33. The molecule has 0 spiro atoms. The quantitative estimate of drug-likeness (QED) is 0.602. The second kappa shape index (κ2) is 4.40. The van der Waals surface area contributed by atoms with Gasteiger partial charge in [0.1, 0.15) is 0 Å². The third-order valence-electron chi connectivity index (χ3n) is 4.47. The highest BCUT2D eigenvalue weighted by Crippen LogP contribution is 2.40. The van der Waals surface area contributed by atoms with Crippen molar-refractivity contribution >= 4 is 0 Å². The Kier molecular flexibility index (Phi) is 3.39. The molecule has 1 heterocycles. The van der Waals surface area contributed by atoms with Crippen molar-refractivity contribution in [1.29, 1.82) is 0 Å². The van der Waals surface area contributed by atoms with Gasteiger partial charge in [0.2, 0.25) is 0 Å². The Morgan fingerprint density at radius 1 is 1.41 bits per heavy atom. The molecule has 1 saturated heterocycles. The van der Waals surface area contributed by atoms with E-state index < -0.39 is 5.60 Å². The summed E-state index contributed by atoms with van der Waals surface area (Å²) in [7, 11) is 0. The van der Waals surface area contributed by atoms with Gasteiger partial charge in [-0.15, -0.1) is 0 Å². The van der Waals surface area contributed by atoms with Gasteiger partial charge in [0, 0.05) is 0 Å². The molecular formula is C15H26O2. The summed E-state index contributed by atoms with van der Waals surface area (Å²) in [4.78, 5) is 0. The normalized spacial score (nSPS) is 41.2. The highest BCUT2D eigenvalue weighted by molar-refractivity contribution is 5.06. The molecule has 17 heavy (non-hydrogen) atoms. The van der Waals surface area contributed by atoms with Crippen molar-refractivity contribution in [2.45, 2.75) is 70.7 Å². The van der Waals surface area contributed by atoms with Crippen LogP contribution >= 0.6 is 0 Å². The average Bonchev–Trinajstić information content (AvgIpc) is 2.83. The van der Waals surface area contributed by atoms with Crippen molar-refractivity contribution in [2.75, 3.05) is 0 Å². The van der Waals surface area contributed by atoms with Gasteiger partial charge in [-0.1, -0.05) is 19.1 Å². The van der Waals surface area contributed by atoms with Crippen LogP contribution in [0.1, 0.15) is 53.4 Å². The molecule has 0 radical (unpaired) electrons. The molecule has 1 fully saturated rings. The first kappa shape index (κ1) is 13.1. The van der Waals surface area contributed by atoms with Crippen LogP contribution in [0.3, 0.4) is 0 Å². The first-order valence-corrected chi connectivity index (χ1v) is 6.90. The number of hydrogen-bond acceptors (Lipinski definition) is 2. The molecular weight excluding hydrogens is 212 g/mol. The molecule has 0 amide bonds. The second-order valence-corrected chi connectivity index (χ2v) is 6.68. The molecule has 2 heteroatoms. The zero-order chi connectivity index (χ0) is 12.7. The minimum absolute atomic E-state index is 0.131. The largest absolute Gasteiger partial charge is 0.386 e. The summed E-state index contributed by atoms with van der Waals surface area (Å²) < 4.78 is 5.62. The number of aliphatic hydroxyl groups is 1. The maximum absolute atomic E-state index is 9.86. The van der Waals surface area contributed by atoms with Crippen LogP contribution in [0.25, 0.3) is 0 Å². The van der Waals surface area contributed by atoms with Crippen LogP contribution in [0, 0.1) is 11.8 Å². The van der Waals surface area contributed by atoms with Gasteiger partial charge in [-0.25, -0.2) is 0 Å². The fourth-order valence-corrected chi connectivity index (χ4v) is 2.81. The van der Waals surface area contributed by atoms with Crippen LogP contribution < -0.4 is 0 Å². The molecule has 2 aliphatic rings. The van der Waals surface area contributed by atoms with E-state index in [9.17, 15) is 5.11 Å². The zero-order valence-corrected chi connectivity index (χ0v) is 11.6. The van der Waals surface area contributed by atoms with Crippen LogP contribution in [-0.2, 0) is 4.74 Å². The minimum Gasteiger partial charge on any atom is -0.386 e. The van der Waals surface area contributed by atoms with Crippen LogP contribution in [0.5, 0.6) is 0 Å². The first-order valence-electron chi connectivity index (χ1n) is 6.90. The topological polar surface area (TPSA) is 32.8 Å². The molecule has 1 aliphatic carbocycles. The molecule has 98 valence electrons. The van der Waals surface area contributed by atoms with E-state index in [0.29, 0.717) is 17.9 Å². The third-order valence-corrected chi connectivity index (χ3v) is 4.47. The van der Waals surface area contributed by atoms with Gasteiger partial charge in [0.05, 0.1) is 17.3 Å². The van der Waals surface area contributed by atoms with Gasteiger partial charge in [0.25, 0.3) is 0 Å². The summed E-state index contributed by atoms with van der Waals surface area (Å²) in [5.41, 5.74) is -0.441. The SMILES string of the molecule is C[C@H](CCC1OC1(C)C)C1C=CC(C)(O)CC1. The van der Waals surface area contributed by atoms with Crippen molar-refractivity contribution in [3.05, 3.63) is 12.2 Å². The van der Waals surface area contributed by atoms with Crippen LogP contribution in [0.15, 0.2) is 12.2 Å². The lowest BCUT2D eigenvalue weighted by molar-refractivity contribution is 0.0830. The third kappa shape index (κ3) is 3.32. The van der Waals surface area contributed by atoms with Crippen molar-refractivity contribution in [3.8, 4) is 0 Å². The monoisotopic (exact) mass is 238 g/mol. The minimum atomic E-state index is -0.572. The number of hydrogen-bond donors (Lipinski definition) is 1. The van der Waals surface area contributed by atoms with E-state index in [1.54, 1.807) is 0 Å². The lowest BCUT2D eigenvalue weighted by atomic mass is 9.78. The fourth-order valence-electron chi connectivity index (χ4n) is 2.81.